The zero-order chi connectivity index (χ0) is 18.6. The molecular formula is C19H18BrN3O3S. The number of carbonyl (C=O) groups excluding carboxylic acids is 1. The first-order chi connectivity index (χ1) is 13.2. The highest BCUT2D eigenvalue weighted by atomic mass is 79.9. The maximum Gasteiger partial charge on any atom is 0.293 e. The van der Waals surface area contributed by atoms with E-state index in [0.717, 1.165) is 49.0 Å². The number of furan rings is 1. The van der Waals surface area contributed by atoms with Gasteiger partial charge in [-0.1, -0.05) is 41.7 Å². The van der Waals surface area contributed by atoms with Crippen molar-refractivity contribution in [1.82, 2.24) is 9.88 Å². The molecule has 0 atom stereocenters. The lowest BCUT2D eigenvalue weighted by atomic mass is 10.1. The molecule has 1 aliphatic rings. The first kappa shape index (κ1) is 18.4. The Morgan fingerprint density at radius 1 is 1.19 bits per heavy atom. The minimum atomic E-state index is -0.313. The quantitative estimate of drug-likeness (QED) is 0.632. The highest BCUT2D eigenvalue weighted by molar-refractivity contribution is 9.10. The number of hydrogen-bond donors (Lipinski definition) is 1. The van der Waals surface area contributed by atoms with E-state index in [9.17, 15) is 4.79 Å². The van der Waals surface area contributed by atoms with Gasteiger partial charge in [0.2, 0.25) is 0 Å². The fourth-order valence-electron chi connectivity index (χ4n) is 2.89. The molecular weight excluding hydrogens is 430 g/mol. The summed E-state index contributed by atoms with van der Waals surface area (Å²) in [6.07, 6.45) is 0. The van der Waals surface area contributed by atoms with Crippen LogP contribution in [0, 0.1) is 0 Å². The molecule has 1 aliphatic heterocycles. The van der Waals surface area contributed by atoms with Crippen LogP contribution >= 0.6 is 27.3 Å². The van der Waals surface area contributed by atoms with Crippen LogP contribution in [0.15, 0.2) is 51.6 Å². The van der Waals surface area contributed by atoms with Crippen molar-refractivity contribution in [3.05, 3.63) is 57.8 Å². The van der Waals surface area contributed by atoms with E-state index in [-0.39, 0.29) is 11.7 Å². The van der Waals surface area contributed by atoms with Gasteiger partial charge in [0.1, 0.15) is 0 Å². The minimum absolute atomic E-state index is 0.244. The van der Waals surface area contributed by atoms with Crippen molar-refractivity contribution in [2.45, 2.75) is 6.54 Å². The molecule has 3 heterocycles. The number of anilines is 1. The zero-order valence-electron chi connectivity index (χ0n) is 14.5. The van der Waals surface area contributed by atoms with E-state index < -0.39 is 0 Å². The molecule has 1 N–H and O–H groups in total. The van der Waals surface area contributed by atoms with Gasteiger partial charge in [0.25, 0.3) is 5.91 Å². The average Bonchev–Trinajstić information content (AvgIpc) is 3.30. The molecule has 3 aromatic rings. The molecule has 1 fully saturated rings. The van der Waals surface area contributed by atoms with Crippen LogP contribution in [0.5, 0.6) is 0 Å². The first-order valence-corrected chi connectivity index (χ1v) is 10.2. The van der Waals surface area contributed by atoms with Crippen molar-refractivity contribution in [1.29, 1.82) is 0 Å². The molecule has 8 heteroatoms. The van der Waals surface area contributed by atoms with Crippen LogP contribution < -0.4 is 5.32 Å². The van der Waals surface area contributed by atoms with Gasteiger partial charge >= 0.3 is 0 Å². The molecule has 4 rings (SSSR count). The smallest absolute Gasteiger partial charge is 0.293 e. The van der Waals surface area contributed by atoms with Gasteiger partial charge < -0.3 is 9.15 Å². The number of nitrogens with one attached hydrogen (secondary N) is 1. The van der Waals surface area contributed by atoms with Crippen LogP contribution in [0.2, 0.25) is 0 Å². The lowest BCUT2D eigenvalue weighted by Gasteiger charge is -2.26. The van der Waals surface area contributed by atoms with E-state index in [0.29, 0.717) is 9.80 Å². The molecule has 0 bridgehead atoms. The third kappa shape index (κ3) is 4.47. The molecule has 27 heavy (non-hydrogen) atoms. The number of rotatable bonds is 5. The van der Waals surface area contributed by atoms with Crippen molar-refractivity contribution < 1.29 is 13.9 Å². The van der Waals surface area contributed by atoms with Crippen molar-refractivity contribution in [2.75, 3.05) is 31.6 Å². The topological polar surface area (TPSA) is 67.6 Å². The normalized spacial score (nSPS) is 15.0. The monoisotopic (exact) mass is 447 g/mol. The number of hydrogen-bond acceptors (Lipinski definition) is 6. The molecule has 0 aliphatic carbocycles. The number of amides is 1. The maximum absolute atomic E-state index is 12.4. The van der Waals surface area contributed by atoms with Gasteiger partial charge in [-0.2, -0.15) is 0 Å². The Balaban J connectivity index is 1.59. The molecule has 0 radical (unpaired) electrons. The van der Waals surface area contributed by atoms with E-state index >= 15 is 0 Å². The second-order valence-electron chi connectivity index (χ2n) is 6.10. The third-order valence-electron chi connectivity index (χ3n) is 4.23. The summed E-state index contributed by atoms with van der Waals surface area (Å²) < 4.78 is 11.3. The van der Waals surface area contributed by atoms with Crippen LogP contribution in [0.1, 0.15) is 15.4 Å². The van der Waals surface area contributed by atoms with Crippen molar-refractivity contribution in [2.24, 2.45) is 0 Å². The fourth-order valence-corrected chi connectivity index (χ4v) is 4.22. The van der Waals surface area contributed by atoms with Crippen LogP contribution in [0.4, 0.5) is 5.13 Å². The Bertz CT molecular complexity index is 919. The summed E-state index contributed by atoms with van der Waals surface area (Å²) in [5.74, 6) is -0.0694. The van der Waals surface area contributed by atoms with Crippen molar-refractivity contribution >= 4 is 38.3 Å². The number of nitrogens with zero attached hydrogens (tertiary/aromatic N) is 2. The van der Waals surface area contributed by atoms with Gasteiger partial charge in [0, 0.05) is 30.1 Å². The maximum atomic E-state index is 12.4. The molecule has 1 saturated heterocycles. The third-order valence-corrected chi connectivity index (χ3v) is 5.61. The molecule has 140 valence electrons. The number of morpholine rings is 1. The number of ether oxygens (including phenoxy) is 1. The second kappa shape index (κ2) is 8.35. The lowest BCUT2D eigenvalue weighted by Crippen LogP contribution is -2.35. The van der Waals surface area contributed by atoms with Gasteiger partial charge in [-0.3, -0.25) is 15.0 Å². The Hall–Kier alpha value is -2.00. The van der Waals surface area contributed by atoms with E-state index in [4.69, 9.17) is 14.1 Å². The van der Waals surface area contributed by atoms with Crippen molar-refractivity contribution in [3.63, 3.8) is 0 Å². The standard InChI is InChI=1S/C19H18BrN3O3S/c20-16-7-6-14(26-16)18(24)22-19-21-17(13-4-2-1-3-5-13)15(27-19)12-23-8-10-25-11-9-23/h1-7H,8-12H2,(H,21,22,24). The summed E-state index contributed by atoms with van der Waals surface area (Å²) in [4.78, 5) is 20.6. The molecule has 0 spiro atoms. The molecule has 2 aromatic heterocycles. The Morgan fingerprint density at radius 2 is 1.96 bits per heavy atom. The van der Waals surface area contributed by atoms with Gasteiger partial charge in [-0.25, -0.2) is 4.98 Å². The number of carbonyl (C=O) groups is 1. The molecule has 0 saturated carbocycles. The second-order valence-corrected chi connectivity index (χ2v) is 7.97. The van der Waals surface area contributed by atoms with Gasteiger partial charge in [0.15, 0.2) is 15.6 Å². The summed E-state index contributed by atoms with van der Waals surface area (Å²) in [5.41, 5.74) is 1.95. The largest absolute Gasteiger partial charge is 0.444 e. The summed E-state index contributed by atoms with van der Waals surface area (Å²) in [6, 6.07) is 13.3. The fraction of sp³-hybridized carbons (Fsp3) is 0.263. The molecule has 0 unspecified atom stereocenters. The van der Waals surface area contributed by atoms with Crippen LogP contribution in [-0.2, 0) is 11.3 Å². The SMILES string of the molecule is O=C(Nc1nc(-c2ccccc2)c(CN2CCOCC2)s1)c1ccc(Br)o1. The molecule has 1 amide bonds. The van der Waals surface area contributed by atoms with E-state index in [1.807, 2.05) is 30.3 Å². The predicted molar refractivity (Wildman–Crippen MR) is 108 cm³/mol. The van der Waals surface area contributed by atoms with Crippen LogP contribution in [0.3, 0.4) is 0 Å². The van der Waals surface area contributed by atoms with Gasteiger partial charge in [0.05, 0.1) is 18.9 Å². The molecule has 6 nitrogen and oxygen atoms in total. The first-order valence-electron chi connectivity index (χ1n) is 8.61. The number of benzene rings is 1. The summed E-state index contributed by atoms with van der Waals surface area (Å²) in [7, 11) is 0. The highest BCUT2D eigenvalue weighted by Gasteiger charge is 2.20. The summed E-state index contributed by atoms with van der Waals surface area (Å²) >= 11 is 4.71. The summed E-state index contributed by atoms with van der Waals surface area (Å²) in [5, 5.41) is 3.41. The zero-order valence-corrected chi connectivity index (χ0v) is 16.9. The van der Waals surface area contributed by atoms with Gasteiger partial charge in [-0.05, 0) is 28.1 Å². The number of aromatic nitrogens is 1. The van der Waals surface area contributed by atoms with Crippen molar-refractivity contribution in [3.8, 4) is 11.3 Å². The van der Waals surface area contributed by atoms with E-state index in [1.165, 1.54) is 11.3 Å². The summed E-state index contributed by atoms with van der Waals surface area (Å²) in [6.45, 7) is 4.07. The minimum Gasteiger partial charge on any atom is -0.444 e. The van der Waals surface area contributed by atoms with Gasteiger partial charge in [-0.15, -0.1) is 0 Å². The Kier molecular flexibility index (Phi) is 5.68. The Labute approximate surface area is 169 Å². The van der Waals surface area contributed by atoms with E-state index in [1.54, 1.807) is 12.1 Å². The molecule has 1 aromatic carbocycles. The number of thiazole rings is 1. The number of halogens is 1. The highest BCUT2D eigenvalue weighted by Crippen LogP contribution is 2.32. The Morgan fingerprint density at radius 3 is 2.67 bits per heavy atom. The average molecular weight is 448 g/mol. The van der Waals surface area contributed by atoms with Crippen LogP contribution in [0.25, 0.3) is 11.3 Å². The van der Waals surface area contributed by atoms with E-state index in [2.05, 4.69) is 26.1 Å². The van der Waals surface area contributed by atoms with Crippen LogP contribution in [-0.4, -0.2) is 42.1 Å². The lowest BCUT2D eigenvalue weighted by molar-refractivity contribution is 0.0347. The predicted octanol–water partition coefficient (Wildman–Crippen LogP) is 4.25.